The second-order valence-corrected chi connectivity index (χ2v) is 4.30. The molecular weight excluding hydrogens is 327 g/mol. The highest BCUT2D eigenvalue weighted by atomic mass is 32.1. The first kappa shape index (κ1) is 15.6. The van der Waals surface area contributed by atoms with E-state index in [9.17, 15) is 28.4 Å². The molecule has 0 atom stereocenters. The number of H-pyrrole nitrogens is 1. The molecule has 0 amide bonds. The molecule has 12 heteroatoms. The summed E-state index contributed by atoms with van der Waals surface area (Å²) in [4.78, 5) is 9.83. The number of aromatic amines is 1. The fourth-order valence-corrected chi connectivity index (χ4v) is 1.65. The molecule has 2 aromatic rings. The fourth-order valence-electron chi connectivity index (χ4n) is 1.47. The van der Waals surface area contributed by atoms with Gasteiger partial charge in [-0.3, -0.25) is 10.1 Å². The van der Waals surface area contributed by atoms with Crippen LogP contribution in [0.1, 0.15) is 11.4 Å². The molecule has 22 heavy (non-hydrogen) atoms. The van der Waals surface area contributed by atoms with Gasteiger partial charge in [-0.2, -0.15) is 22.9 Å². The molecule has 0 unspecified atom stereocenters. The summed E-state index contributed by atoms with van der Waals surface area (Å²) in [7, 11) is 0. The summed E-state index contributed by atoms with van der Waals surface area (Å²) in [6.07, 6.45) is -3.85. The minimum atomic E-state index is -4.77. The van der Waals surface area contributed by atoms with Gasteiger partial charge in [0.15, 0.2) is 5.75 Å². The lowest BCUT2D eigenvalue weighted by Gasteiger charge is -2.04. The van der Waals surface area contributed by atoms with Crippen LogP contribution in [0.2, 0.25) is 0 Å². The van der Waals surface area contributed by atoms with Crippen LogP contribution in [0.5, 0.6) is 5.75 Å². The van der Waals surface area contributed by atoms with Gasteiger partial charge in [-0.15, -0.1) is 5.10 Å². The molecule has 0 spiro atoms. The van der Waals surface area contributed by atoms with E-state index in [-0.39, 0.29) is 5.56 Å². The number of benzene rings is 1. The minimum Gasteiger partial charge on any atom is -0.502 e. The van der Waals surface area contributed by atoms with Crippen molar-refractivity contribution in [3.05, 3.63) is 44.5 Å². The molecule has 1 aromatic heterocycles. The summed E-state index contributed by atoms with van der Waals surface area (Å²) in [5.74, 6) is -1.93. The average molecular weight is 333 g/mol. The van der Waals surface area contributed by atoms with Crippen LogP contribution < -0.4 is 0 Å². The number of aromatic hydroxyl groups is 1. The molecule has 0 saturated carbocycles. The van der Waals surface area contributed by atoms with Crippen LogP contribution in [0, 0.1) is 14.9 Å². The predicted octanol–water partition coefficient (Wildman–Crippen LogP) is 2.46. The third kappa shape index (κ3) is 3.11. The third-order valence-electron chi connectivity index (χ3n) is 2.42. The van der Waals surface area contributed by atoms with Crippen LogP contribution >= 0.6 is 12.2 Å². The monoisotopic (exact) mass is 333 g/mol. The van der Waals surface area contributed by atoms with Gasteiger partial charge in [0, 0.05) is 11.6 Å². The molecule has 0 saturated heterocycles. The zero-order valence-corrected chi connectivity index (χ0v) is 11.2. The average Bonchev–Trinajstić information content (AvgIpc) is 2.78. The van der Waals surface area contributed by atoms with Gasteiger partial charge in [-0.25, -0.2) is 5.10 Å². The van der Waals surface area contributed by atoms with E-state index in [4.69, 9.17) is 0 Å². The van der Waals surface area contributed by atoms with Crippen LogP contribution in [0.3, 0.4) is 0 Å². The first-order chi connectivity index (χ1) is 10.2. The van der Waals surface area contributed by atoms with Crippen molar-refractivity contribution in [3.8, 4) is 5.75 Å². The van der Waals surface area contributed by atoms with E-state index in [0.717, 1.165) is 18.3 Å². The Morgan fingerprint density at radius 2 is 2.18 bits per heavy atom. The quantitative estimate of drug-likeness (QED) is 0.388. The predicted molar refractivity (Wildman–Crippen MR) is 70.2 cm³/mol. The van der Waals surface area contributed by atoms with Crippen LogP contribution in [-0.2, 0) is 6.18 Å². The Balaban J connectivity index is 2.42. The van der Waals surface area contributed by atoms with Gasteiger partial charge in [0.05, 0.1) is 11.1 Å². The molecule has 1 heterocycles. The number of phenols is 1. The first-order valence-corrected chi connectivity index (χ1v) is 5.87. The summed E-state index contributed by atoms with van der Waals surface area (Å²) in [6.45, 7) is 0. The zero-order chi connectivity index (χ0) is 16.5. The van der Waals surface area contributed by atoms with E-state index in [2.05, 4.69) is 22.4 Å². The lowest BCUT2D eigenvalue weighted by atomic mass is 10.2. The number of hydrogen-bond donors (Lipinski definition) is 2. The Hall–Kier alpha value is -2.76. The van der Waals surface area contributed by atoms with Crippen molar-refractivity contribution in [2.24, 2.45) is 5.10 Å². The van der Waals surface area contributed by atoms with Crippen molar-refractivity contribution in [3.63, 3.8) is 0 Å². The number of nitro benzene ring substituents is 1. The number of hydrogen-bond acceptors (Lipinski definition) is 6. The molecule has 0 aliphatic rings. The maximum absolute atomic E-state index is 12.7. The Morgan fingerprint density at radius 3 is 2.77 bits per heavy atom. The van der Waals surface area contributed by atoms with E-state index >= 15 is 0 Å². The van der Waals surface area contributed by atoms with Gasteiger partial charge >= 0.3 is 11.9 Å². The van der Waals surface area contributed by atoms with Crippen molar-refractivity contribution in [1.82, 2.24) is 14.9 Å². The molecule has 0 aliphatic carbocycles. The number of nitrogens with one attached hydrogen (secondary N) is 1. The van der Waals surface area contributed by atoms with Crippen molar-refractivity contribution in [2.45, 2.75) is 6.18 Å². The number of nitrogens with zero attached hydrogens (tertiary/aromatic N) is 4. The minimum absolute atomic E-state index is 0.0979. The van der Waals surface area contributed by atoms with Crippen LogP contribution in [-0.4, -0.2) is 31.1 Å². The van der Waals surface area contributed by atoms with Crippen molar-refractivity contribution in [1.29, 1.82) is 0 Å². The molecule has 0 radical (unpaired) electrons. The highest BCUT2D eigenvalue weighted by Gasteiger charge is 2.37. The van der Waals surface area contributed by atoms with Gasteiger partial charge < -0.3 is 5.11 Å². The number of aromatic nitrogens is 3. The normalized spacial score (nSPS) is 12.0. The molecule has 2 N–H and O–H groups in total. The maximum atomic E-state index is 12.7. The summed E-state index contributed by atoms with van der Waals surface area (Å²) in [5, 5.41) is 28.4. The number of nitro groups is 1. The Morgan fingerprint density at radius 1 is 1.50 bits per heavy atom. The highest BCUT2D eigenvalue weighted by Crippen LogP contribution is 2.28. The van der Waals surface area contributed by atoms with Crippen LogP contribution in [0.25, 0.3) is 0 Å². The smallest absolute Gasteiger partial charge is 0.453 e. The molecule has 1 aromatic carbocycles. The molecule has 2 rings (SSSR count). The third-order valence-corrected chi connectivity index (χ3v) is 2.69. The number of alkyl halides is 3. The largest absolute Gasteiger partial charge is 0.502 e. The van der Waals surface area contributed by atoms with Gasteiger partial charge in [0.25, 0.3) is 5.82 Å². The summed E-state index contributed by atoms with van der Waals surface area (Å²) >= 11 is 4.63. The summed E-state index contributed by atoms with van der Waals surface area (Å²) in [5.41, 5.74) is -0.503. The van der Waals surface area contributed by atoms with Gasteiger partial charge in [0.2, 0.25) is 4.77 Å². The maximum Gasteiger partial charge on any atom is 0.453 e. The van der Waals surface area contributed by atoms with E-state index in [0.29, 0.717) is 4.68 Å². The fraction of sp³-hybridized carbons (Fsp3) is 0.100. The molecule has 0 aliphatic heterocycles. The Bertz CT molecular complexity index is 811. The Kier molecular flexibility index (Phi) is 3.95. The number of halogens is 3. The number of phenolic OH excluding ortho intramolecular Hbond substituents is 1. The standard InChI is InChI=1S/C10H6F3N5O3S/c11-10(12,13)8-15-16-9(22)17(8)14-4-5-1-2-7(19)6(3-5)18(20)21/h1-4,19H,(H,16,22)/b14-4-. The second-order valence-electron chi connectivity index (χ2n) is 3.91. The van der Waals surface area contributed by atoms with Gasteiger partial charge in [-0.05, 0) is 24.4 Å². The Labute approximate surface area is 124 Å². The van der Waals surface area contributed by atoms with Gasteiger partial charge in [-0.1, -0.05) is 0 Å². The first-order valence-electron chi connectivity index (χ1n) is 5.46. The van der Waals surface area contributed by atoms with E-state index in [1.807, 2.05) is 5.10 Å². The van der Waals surface area contributed by atoms with Crippen LogP contribution in [0.15, 0.2) is 23.3 Å². The molecule has 116 valence electrons. The van der Waals surface area contributed by atoms with E-state index in [1.54, 1.807) is 0 Å². The lowest BCUT2D eigenvalue weighted by Crippen LogP contribution is -2.12. The second kappa shape index (κ2) is 5.55. The van der Waals surface area contributed by atoms with E-state index in [1.165, 1.54) is 6.07 Å². The van der Waals surface area contributed by atoms with Crippen molar-refractivity contribution >= 4 is 24.1 Å². The lowest BCUT2D eigenvalue weighted by molar-refractivity contribution is -0.385. The summed E-state index contributed by atoms with van der Waals surface area (Å²) < 4.78 is 37.9. The zero-order valence-electron chi connectivity index (χ0n) is 10.4. The van der Waals surface area contributed by atoms with E-state index < -0.39 is 33.1 Å². The molecule has 0 fully saturated rings. The molecular formula is C10H6F3N5O3S. The van der Waals surface area contributed by atoms with Crippen molar-refractivity contribution < 1.29 is 23.2 Å². The van der Waals surface area contributed by atoms with Crippen LogP contribution in [0.4, 0.5) is 18.9 Å². The molecule has 0 bridgehead atoms. The topological polar surface area (TPSA) is 109 Å². The highest BCUT2D eigenvalue weighted by molar-refractivity contribution is 7.71. The van der Waals surface area contributed by atoms with Gasteiger partial charge in [0.1, 0.15) is 0 Å². The van der Waals surface area contributed by atoms with Crippen molar-refractivity contribution in [2.75, 3.05) is 0 Å². The SMILES string of the molecule is O=[N+]([O-])c1cc(/C=N\n2c(C(F)(F)F)n[nH]c2=S)ccc1O. The number of rotatable bonds is 3. The summed E-state index contributed by atoms with van der Waals surface area (Å²) in [6, 6.07) is 3.22. The molecule has 8 nitrogen and oxygen atoms in total.